The van der Waals surface area contributed by atoms with Gasteiger partial charge in [-0.25, -0.2) is 0 Å². The molecule has 1 aliphatic carbocycles. The van der Waals surface area contributed by atoms with Crippen molar-refractivity contribution in [1.82, 2.24) is 0 Å². The van der Waals surface area contributed by atoms with Crippen LogP contribution in [0, 0.1) is 12.0 Å². The molecule has 4 heteroatoms. The first-order valence-corrected chi connectivity index (χ1v) is 7.84. The second-order valence-electron chi connectivity index (χ2n) is 3.76. The first kappa shape index (κ1) is 13.2. The maximum atomic E-state index is 5.76. The van der Waals surface area contributed by atoms with Gasteiger partial charge in [0.15, 0.2) is 0 Å². The molecule has 0 aromatic rings. The van der Waals surface area contributed by atoms with E-state index in [9.17, 15) is 0 Å². The third kappa shape index (κ3) is 3.87. The first-order valence-electron chi connectivity index (χ1n) is 6.04. The smallest absolute Gasteiger partial charge is 0.374 e. The average Bonchev–Trinajstić information content (AvgIpc) is 2.13. The molecule has 1 fully saturated rings. The van der Waals surface area contributed by atoms with Gasteiger partial charge in [0, 0.05) is 25.9 Å². The van der Waals surface area contributed by atoms with Crippen LogP contribution in [0.15, 0.2) is 0 Å². The molecule has 3 nitrogen and oxygen atoms in total. The summed E-state index contributed by atoms with van der Waals surface area (Å²) in [6.07, 6.45) is 3.86. The zero-order valence-electron chi connectivity index (χ0n) is 10.1. The molecule has 0 amide bonds. The van der Waals surface area contributed by atoms with Gasteiger partial charge in [0.25, 0.3) is 0 Å². The summed E-state index contributed by atoms with van der Waals surface area (Å²) in [5, 5.41) is 0. The predicted molar refractivity (Wildman–Crippen MR) is 62.3 cm³/mol. The van der Waals surface area contributed by atoms with E-state index in [2.05, 4.69) is 6.04 Å². The molecule has 1 radical (unpaired) electrons. The van der Waals surface area contributed by atoms with Crippen LogP contribution >= 0.6 is 0 Å². The van der Waals surface area contributed by atoms with Gasteiger partial charge in [0.05, 0.1) is 0 Å². The molecule has 0 unspecified atom stereocenters. The van der Waals surface area contributed by atoms with Crippen molar-refractivity contribution in [3.05, 3.63) is 6.04 Å². The maximum absolute atomic E-state index is 5.76. The Kier molecular flexibility index (Phi) is 5.82. The Morgan fingerprint density at radius 1 is 1.00 bits per heavy atom. The zero-order chi connectivity index (χ0) is 11.1. The summed E-state index contributed by atoms with van der Waals surface area (Å²) >= 11 is 0. The Bertz CT molecular complexity index is 154. The molecule has 0 spiro atoms. The second kappa shape index (κ2) is 6.63. The number of rotatable bonds is 8. The maximum Gasteiger partial charge on any atom is 0.504 e. The summed E-state index contributed by atoms with van der Waals surface area (Å²) in [6, 6.07) is 2.23. The SMILES string of the molecule is CCO[Si]([CH]C1CCC1)(OCC)OCC. The molecule has 1 aliphatic rings. The van der Waals surface area contributed by atoms with Crippen molar-refractivity contribution in [3.63, 3.8) is 0 Å². The van der Waals surface area contributed by atoms with Gasteiger partial charge in [-0.3, -0.25) is 0 Å². The Morgan fingerprint density at radius 2 is 1.47 bits per heavy atom. The minimum atomic E-state index is -2.45. The van der Waals surface area contributed by atoms with E-state index in [1.807, 2.05) is 20.8 Å². The van der Waals surface area contributed by atoms with Gasteiger partial charge < -0.3 is 13.3 Å². The number of hydrogen-bond acceptors (Lipinski definition) is 3. The third-order valence-electron chi connectivity index (χ3n) is 2.63. The van der Waals surface area contributed by atoms with Gasteiger partial charge in [0.1, 0.15) is 0 Å². The molecular weight excluding hydrogens is 208 g/mol. The highest BCUT2D eigenvalue weighted by molar-refractivity contribution is 6.64. The van der Waals surface area contributed by atoms with Crippen molar-refractivity contribution in [2.45, 2.75) is 40.0 Å². The van der Waals surface area contributed by atoms with Crippen molar-refractivity contribution >= 4 is 8.80 Å². The lowest BCUT2D eigenvalue weighted by atomic mass is 9.87. The molecule has 0 heterocycles. The molecular formula is C11H23O3Si. The van der Waals surface area contributed by atoms with Crippen molar-refractivity contribution in [2.24, 2.45) is 5.92 Å². The van der Waals surface area contributed by atoms with Gasteiger partial charge in [-0.1, -0.05) is 19.3 Å². The normalized spacial score (nSPS) is 17.8. The minimum absolute atomic E-state index is 0.654. The third-order valence-corrected chi connectivity index (χ3v) is 5.58. The van der Waals surface area contributed by atoms with Gasteiger partial charge >= 0.3 is 8.80 Å². The highest BCUT2D eigenvalue weighted by atomic mass is 28.4. The highest BCUT2D eigenvalue weighted by Gasteiger charge is 2.44. The van der Waals surface area contributed by atoms with Crippen LogP contribution < -0.4 is 0 Å². The van der Waals surface area contributed by atoms with Crippen LogP contribution in [0.1, 0.15) is 40.0 Å². The van der Waals surface area contributed by atoms with E-state index in [1.165, 1.54) is 19.3 Å². The lowest BCUT2D eigenvalue weighted by Gasteiger charge is -2.34. The lowest BCUT2D eigenvalue weighted by molar-refractivity contribution is 0.0736. The van der Waals surface area contributed by atoms with Crippen LogP contribution in [0.25, 0.3) is 0 Å². The van der Waals surface area contributed by atoms with Crippen molar-refractivity contribution in [3.8, 4) is 0 Å². The van der Waals surface area contributed by atoms with E-state index in [4.69, 9.17) is 13.3 Å². The van der Waals surface area contributed by atoms with Gasteiger partial charge in [-0.05, 0) is 26.7 Å². The van der Waals surface area contributed by atoms with Crippen LogP contribution in [-0.2, 0) is 13.3 Å². The summed E-state index contributed by atoms with van der Waals surface area (Å²) in [4.78, 5) is 0. The largest absolute Gasteiger partial charge is 0.504 e. The summed E-state index contributed by atoms with van der Waals surface area (Å²) in [5.74, 6) is 0.654. The standard InChI is InChI=1S/C11H23O3Si/c1-4-12-15(13-5-2,14-6-3)10-11-8-7-9-11/h10-11H,4-9H2,1-3H3. The lowest BCUT2D eigenvalue weighted by Crippen LogP contribution is -2.49. The first-order chi connectivity index (χ1) is 7.26. The second-order valence-corrected chi connectivity index (χ2v) is 6.17. The molecule has 0 N–H and O–H groups in total. The molecule has 0 aromatic carbocycles. The van der Waals surface area contributed by atoms with E-state index in [1.54, 1.807) is 0 Å². The summed E-state index contributed by atoms with van der Waals surface area (Å²) in [7, 11) is -2.45. The Labute approximate surface area is 94.5 Å². The monoisotopic (exact) mass is 231 g/mol. The van der Waals surface area contributed by atoms with Gasteiger partial charge in [0.2, 0.25) is 0 Å². The summed E-state index contributed by atoms with van der Waals surface area (Å²) < 4.78 is 17.3. The van der Waals surface area contributed by atoms with Crippen LogP contribution in [-0.4, -0.2) is 28.6 Å². The molecule has 0 aliphatic heterocycles. The molecule has 1 rings (SSSR count). The van der Waals surface area contributed by atoms with E-state index in [0.29, 0.717) is 25.7 Å². The Hall–Kier alpha value is 0.0969. The summed E-state index contributed by atoms with van der Waals surface area (Å²) in [5.41, 5.74) is 0. The topological polar surface area (TPSA) is 27.7 Å². The van der Waals surface area contributed by atoms with Gasteiger partial charge in [-0.2, -0.15) is 0 Å². The van der Waals surface area contributed by atoms with E-state index in [0.717, 1.165) is 0 Å². The Balaban J connectivity index is 2.51. The van der Waals surface area contributed by atoms with Crippen molar-refractivity contribution < 1.29 is 13.3 Å². The molecule has 0 bridgehead atoms. The van der Waals surface area contributed by atoms with Gasteiger partial charge in [-0.15, -0.1) is 0 Å². The van der Waals surface area contributed by atoms with Crippen LogP contribution in [0.3, 0.4) is 0 Å². The van der Waals surface area contributed by atoms with Crippen LogP contribution in [0.4, 0.5) is 0 Å². The molecule has 1 saturated carbocycles. The van der Waals surface area contributed by atoms with Crippen molar-refractivity contribution in [1.29, 1.82) is 0 Å². The zero-order valence-corrected chi connectivity index (χ0v) is 11.1. The van der Waals surface area contributed by atoms with Crippen molar-refractivity contribution in [2.75, 3.05) is 19.8 Å². The highest BCUT2D eigenvalue weighted by Crippen LogP contribution is 2.33. The van der Waals surface area contributed by atoms with E-state index < -0.39 is 8.80 Å². The van der Waals surface area contributed by atoms with E-state index >= 15 is 0 Å². The van der Waals surface area contributed by atoms with Crippen LogP contribution in [0.5, 0.6) is 0 Å². The Morgan fingerprint density at radius 3 is 1.73 bits per heavy atom. The molecule has 89 valence electrons. The summed E-state index contributed by atoms with van der Waals surface area (Å²) in [6.45, 7) is 7.97. The molecule has 15 heavy (non-hydrogen) atoms. The fourth-order valence-electron chi connectivity index (χ4n) is 1.77. The van der Waals surface area contributed by atoms with E-state index in [-0.39, 0.29) is 0 Å². The fourth-order valence-corrected chi connectivity index (χ4v) is 4.42. The van der Waals surface area contributed by atoms with Crippen LogP contribution in [0.2, 0.25) is 0 Å². The average molecular weight is 231 g/mol. The fraction of sp³-hybridized carbons (Fsp3) is 0.909. The molecule has 0 saturated heterocycles. The quantitative estimate of drug-likeness (QED) is 0.601. The number of hydrogen-bond donors (Lipinski definition) is 0. The molecule has 0 aromatic heterocycles. The molecule has 0 atom stereocenters. The predicted octanol–water partition coefficient (Wildman–Crippen LogP) is 2.58. The minimum Gasteiger partial charge on any atom is -0.374 e.